The van der Waals surface area contributed by atoms with Crippen LogP contribution < -0.4 is 15.2 Å². The van der Waals surface area contributed by atoms with Crippen LogP contribution in [0, 0.1) is 5.82 Å². The number of nitrogens with two attached hydrogens (primary N) is 1. The molecule has 11 heteroatoms. The summed E-state index contributed by atoms with van der Waals surface area (Å²) < 4.78 is 63.9. The van der Waals surface area contributed by atoms with E-state index in [1.54, 1.807) is 6.92 Å². The number of fused-ring (bicyclic) bond motifs is 1. The molecule has 3 rings (SSSR count). The Labute approximate surface area is 149 Å². The van der Waals surface area contributed by atoms with Crippen LogP contribution in [0.3, 0.4) is 0 Å². The van der Waals surface area contributed by atoms with Crippen molar-refractivity contribution in [3.63, 3.8) is 0 Å². The van der Waals surface area contributed by atoms with E-state index in [1.807, 2.05) is 0 Å². The maximum atomic E-state index is 13.1. The zero-order valence-electron chi connectivity index (χ0n) is 12.7. The highest BCUT2D eigenvalue weighted by atomic mass is 35.5. The zero-order valence-corrected chi connectivity index (χ0v) is 15.1. The van der Waals surface area contributed by atoms with Crippen LogP contribution in [-0.4, -0.2) is 16.8 Å². The van der Waals surface area contributed by atoms with Crippen LogP contribution in [0.5, 0.6) is 0 Å². The highest BCUT2D eigenvalue weighted by Crippen LogP contribution is 2.38. The Hall–Kier alpha value is -1.72. The number of anilines is 1. The van der Waals surface area contributed by atoms with Gasteiger partial charge in [0.05, 0.1) is 10.7 Å². The van der Waals surface area contributed by atoms with E-state index in [2.05, 4.69) is 10.0 Å². The van der Waals surface area contributed by atoms with E-state index in [-0.39, 0.29) is 15.6 Å². The zero-order chi connectivity index (χ0) is 18.6. The maximum Gasteiger partial charge on any atom is 0.244 e. The van der Waals surface area contributed by atoms with Gasteiger partial charge in [0.1, 0.15) is 21.3 Å². The monoisotopic (exact) mass is 405 g/mol. The van der Waals surface area contributed by atoms with Crippen molar-refractivity contribution in [3.8, 4) is 0 Å². The molecule has 2 aromatic rings. The molecule has 0 saturated heterocycles. The third-order valence-electron chi connectivity index (χ3n) is 3.77. The van der Waals surface area contributed by atoms with E-state index in [9.17, 15) is 21.2 Å². The Morgan fingerprint density at radius 1 is 1.20 bits per heavy atom. The minimum absolute atomic E-state index is 0.1000. The number of hydrogen-bond donors (Lipinski definition) is 3. The van der Waals surface area contributed by atoms with Gasteiger partial charge in [0.25, 0.3) is 0 Å². The summed E-state index contributed by atoms with van der Waals surface area (Å²) >= 11 is 5.93. The van der Waals surface area contributed by atoms with E-state index in [1.165, 1.54) is 30.3 Å². The van der Waals surface area contributed by atoms with Crippen molar-refractivity contribution < 1.29 is 21.2 Å². The molecule has 0 fully saturated rings. The van der Waals surface area contributed by atoms with Crippen molar-refractivity contribution in [3.05, 3.63) is 52.8 Å². The van der Waals surface area contributed by atoms with Gasteiger partial charge in [-0.2, -0.15) is 4.72 Å². The van der Waals surface area contributed by atoms with Crippen LogP contribution in [0.25, 0.3) is 0 Å². The molecule has 1 unspecified atom stereocenters. The van der Waals surface area contributed by atoms with Gasteiger partial charge in [-0.25, -0.2) is 26.4 Å². The molecule has 1 aliphatic rings. The molecule has 0 radical (unpaired) electrons. The van der Waals surface area contributed by atoms with E-state index in [4.69, 9.17) is 16.7 Å². The first-order valence-corrected chi connectivity index (χ1v) is 10.3. The summed E-state index contributed by atoms with van der Waals surface area (Å²) in [5.74, 6) is -0.466. The highest BCUT2D eigenvalue weighted by Gasteiger charge is 2.40. The molecular formula is C14H13ClFN3O4S2. The van der Waals surface area contributed by atoms with E-state index >= 15 is 0 Å². The quantitative estimate of drug-likeness (QED) is 0.702. The molecule has 0 saturated carbocycles. The third-order valence-corrected chi connectivity index (χ3v) is 6.74. The fraction of sp³-hybridized carbons (Fsp3) is 0.143. The van der Waals surface area contributed by atoms with Crippen LogP contribution in [0.2, 0.25) is 5.02 Å². The number of hydrogen-bond acceptors (Lipinski definition) is 5. The fourth-order valence-corrected chi connectivity index (χ4v) is 5.27. The van der Waals surface area contributed by atoms with Gasteiger partial charge in [0, 0.05) is 0 Å². The highest BCUT2D eigenvalue weighted by molar-refractivity contribution is 7.90. The van der Waals surface area contributed by atoms with Crippen molar-refractivity contribution in [2.24, 2.45) is 5.14 Å². The Bertz CT molecular complexity index is 1070. The predicted molar refractivity (Wildman–Crippen MR) is 90.5 cm³/mol. The average Bonchev–Trinajstić information content (AvgIpc) is 2.44. The molecule has 25 heavy (non-hydrogen) atoms. The van der Waals surface area contributed by atoms with Gasteiger partial charge in [0.2, 0.25) is 20.0 Å². The molecule has 2 aromatic carbocycles. The van der Waals surface area contributed by atoms with Crippen LogP contribution in [-0.2, 0) is 25.7 Å². The van der Waals surface area contributed by atoms with Crippen molar-refractivity contribution >= 4 is 37.3 Å². The molecule has 0 spiro atoms. The van der Waals surface area contributed by atoms with E-state index in [0.29, 0.717) is 5.56 Å². The summed E-state index contributed by atoms with van der Waals surface area (Å²) in [6.07, 6.45) is 0. The molecule has 4 N–H and O–H groups in total. The lowest BCUT2D eigenvalue weighted by Gasteiger charge is -2.38. The van der Waals surface area contributed by atoms with Gasteiger partial charge in [0.15, 0.2) is 0 Å². The van der Waals surface area contributed by atoms with Crippen LogP contribution >= 0.6 is 11.6 Å². The number of halogens is 2. The molecule has 0 aromatic heterocycles. The van der Waals surface area contributed by atoms with Crippen molar-refractivity contribution in [1.29, 1.82) is 0 Å². The second-order valence-electron chi connectivity index (χ2n) is 5.69. The standard InChI is InChI=1S/C14H13ClFN3O4S2/c1-14(8-2-4-9(16)5-3-8)18-11-6-10(15)12(24(17,20)21)7-13(11)25(22,23)19-14/h2-7,18-19H,1H3,(H2,17,20,21). The normalized spacial score (nSPS) is 22.1. The predicted octanol–water partition coefficient (Wildman–Crippen LogP) is 1.70. The van der Waals surface area contributed by atoms with Crippen LogP contribution in [0.15, 0.2) is 46.2 Å². The van der Waals surface area contributed by atoms with Gasteiger partial charge >= 0.3 is 0 Å². The Morgan fingerprint density at radius 3 is 2.36 bits per heavy atom. The number of rotatable bonds is 2. The van der Waals surface area contributed by atoms with Gasteiger partial charge in [-0.05, 0) is 36.8 Å². The number of sulfonamides is 2. The second kappa shape index (κ2) is 5.64. The Morgan fingerprint density at radius 2 is 1.80 bits per heavy atom. The first-order valence-electron chi connectivity index (χ1n) is 6.87. The molecule has 7 nitrogen and oxygen atoms in total. The lowest BCUT2D eigenvalue weighted by molar-refractivity contribution is 0.472. The molecule has 1 aliphatic heterocycles. The Balaban J connectivity index is 2.19. The number of primary sulfonamides is 1. The van der Waals surface area contributed by atoms with Crippen LogP contribution in [0.1, 0.15) is 12.5 Å². The minimum atomic E-state index is -4.20. The largest absolute Gasteiger partial charge is 0.362 e. The van der Waals surface area contributed by atoms with Gasteiger partial charge in [-0.1, -0.05) is 23.7 Å². The molecule has 0 amide bonds. The molecule has 1 heterocycles. The maximum absolute atomic E-state index is 13.1. The summed E-state index contributed by atoms with van der Waals surface area (Å²) in [5, 5.41) is 7.79. The minimum Gasteiger partial charge on any atom is -0.362 e. The fourth-order valence-electron chi connectivity index (χ4n) is 2.61. The smallest absolute Gasteiger partial charge is 0.244 e. The first-order chi connectivity index (χ1) is 11.4. The van der Waals surface area contributed by atoms with Crippen LogP contribution in [0.4, 0.5) is 10.1 Å². The summed E-state index contributed by atoms with van der Waals surface area (Å²) in [6, 6.07) is 7.32. The van der Waals surface area contributed by atoms with Gasteiger partial charge < -0.3 is 5.32 Å². The lowest BCUT2D eigenvalue weighted by Crippen LogP contribution is -2.52. The summed E-state index contributed by atoms with van der Waals surface area (Å²) in [5.41, 5.74) is -0.732. The molecule has 0 bridgehead atoms. The first kappa shape index (κ1) is 18.1. The Kier molecular flexibility index (Phi) is 4.08. The molecule has 134 valence electrons. The van der Waals surface area contributed by atoms with Gasteiger partial charge in [-0.15, -0.1) is 0 Å². The third kappa shape index (κ3) is 3.23. The lowest BCUT2D eigenvalue weighted by atomic mass is 10.0. The van der Waals surface area contributed by atoms with E-state index in [0.717, 1.165) is 6.07 Å². The summed E-state index contributed by atoms with van der Waals surface area (Å²) in [6.45, 7) is 1.54. The molecular weight excluding hydrogens is 393 g/mol. The molecule has 1 atom stereocenters. The number of benzene rings is 2. The van der Waals surface area contributed by atoms with Crippen molar-refractivity contribution in [2.45, 2.75) is 22.4 Å². The van der Waals surface area contributed by atoms with Crippen molar-refractivity contribution in [1.82, 2.24) is 4.72 Å². The van der Waals surface area contributed by atoms with Crippen molar-refractivity contribution in [2.75, 3.05) is 5.32 Å². The molecule has 0 aliphatic carbocycles. The number of nitrogens with one attached hydrogen (secondary N) is 2. The van der Waals surface area contributed by atoms with E-state index < -0.39 is 36.4 Å². The second-order valence-corrected chi connectivity index (χ2v) is 9.27. The average molecular weight is 406 g/mol. The topological polar surface area (TPSA) is 118 Å². The summed E-state index contributed by atoms with van der Waals surface area (Å²) in [4.78, 5) is -0.800. The summed E-state index contributed by atoms with van der Waals surface area (Å²) in [7, 11) is -8.29. The SMILES string of the molecule is CC1(c2ccc(F)cc2)Nc2cc(Cl)c(S(N)(=O)=O)cc2S(=O)(=O)N1. The van der Waals surface area contributed by atoms with Gasteiger partial charge in [-0.3, -0.25) is 0 Å².